The van der Waals surface area contributed by atoms with Crippen LogP contribution in [-0.2, 0) is 0 Å². The van der Waals surface area contributed by atoms with Crippen LogP contribution in [0.3, 0.4) is 0 Å². The van der Waals surface area contributed by atoms with Crippen LogP contribution in [0.4, 0.5) is 0 Å². The Bertz CT molecular complexity index is 248. The van der Waals surface area contributed by atoms with E-state index in [1.807, 2.05) is 7.05 Å². The molecule has 0 aromatic carbocycles. The second-order valence-electron chi connectivity index (χ2n) is 6.25. The van der Waals surface area contributed by atoms with Gasteiger partial charge in [0.2, 0.25) is 0 Å². The summed E-state index contributed by atoms with van der Waals surface area (Å²) in [6.45, 7) is 8.56. The first-order valence-corrected chi connectivity index (χ1v) is 7.99. The molecule has 0 bridgehead atoms. The molecule has 0 amide bonds. The molecule has 4 heteroatoms. The molecule has 19 heavy (non-hydrogen) atoms. The number of hydrogen-bond donors (Lipinski definition) is 2. The van der Waals surface area contributed by atoms with Gasteiger partial charge in [-0.1, -0.05) is 6.92 Å². The third-order valence-corrected chi connectivity index (χ3v) is 5.11. The van der Waals surface area contributed by atoms with Gasteiger partial charge in [0.15, 0.2) is 0 Å². The lowest BCUT2D eigenvalue weighted by atomic mass is 9.91. The summed E-state index contributed by atoms with van der Waals surface area (Å²) in [6.07, 6.45) is 6.10. The lowest BCUT2D eigenvalue weighted by Crippen LogP contribution is -2.49. The highest BCUT2D eigenvalue weighted by Crippen LogP contribution is 2.27. The highest BCUT2D eigenvalue weighted by atomic mass is 16.3. The molecule has 1 heterocycles. The summed E-state index contributed by atoms with van der Waals surface area (Å²) in [4.78, 5) is 5.25. The third-order valence-electron chi connectivity index (χ3n) is 5.11. The quantitative estimate of drug-likeness (QED) is 0.687. The molecule has 1 saturated heterocycles. The molecule has 0 radical (unpaired) electrons. The maximum Gasteiger partial charge on any atom is 0.0613 e. The van der Waals surface area contributed by atoms with Crippen molar-refractivity contribution in [1.82, 2.24) is 15.1 Å². The number of rotatable bonds is 8. The summed E-state index contributed by atoms with van der Waals surface area (Å²) in [5, 5.41) is 12.8. The van der Waals surface area contributed by atoms with Crippen molar-refractivity contribution in [3.8, 4) is 0 Å². The molecule has 1 saturated carbocycles. The van der Waals surface area contributed by atoms with Crippen LogP contribution in [0.25, 0.3) is 0 Å². The van der Waals surface area contributed by atoms with Crippen molar-refractivity contribution in [1.29, 1.82) is 0 Å². The number of nitrogens with one attached hydrogen (secondary N) is 1. The van der Waals surface area contributed by atoms with E-state index in [2.05, 4.69) is 22.0 Å². The van der Waals surface area contributed by atoms with Crippen LogP contribution < -0.4 is 5.32 Å². The van der Waals surface area contributed by atoms with E-state index in [1.54, 1.807) is 0 Å². The van der Waals surface area contributed by atoms with Crippen molar-refractivity contribution >= 4 is 0 Å². The summed E-state index contributed by atoms with van der Waals surface area (Å²) in [7, 11) is 1.97. The van der Waals surface area contributed by atoms with Crippen LogP contribution in [0.2, 0.25) is 0 Å². The van der Waals surface area contributed by atoms with E-state index in [4.69, 9.17) is 0 Å². The van der Waals surface area contributed by atoms with E-state index in [9.17, 15) is 5.11 Å². The van der Waals surface area contributed by atoms with Crippen molar-refractivity contribution in [2.75, 3.05) is 46.4 Å². The standard InChI is InChI=1S/C15H31N3O/c1-3-15(13-19,16-2)7-4-8-17-9-11-18(12-10-17)14-5-6-14/h14,16,19H,3-13H2,1-2H3. The largest absolute Gasteiger partial charge is 0.394 e. The van der Waals surface area contributed by atoms with Gasteiger partial charge in [-0.15, -0.1) is 0 Å². The van der Waals surface area contributed by atoms with E-state index < -0.39 is 0 Å². The van der Waals surface area contributed by atoms with Gasteiger partial charge < -0.3 is 15.3 Å². The Morgan fingerprint density at radius 3 is 2.37 bits per heavy atom. The summed E-state index contributed by atoms with van der Waals surface area (Å²) >= 11 is 0. The van der Waals surface area contributed by atoms with Crippen LogP contribution >= 0.6 is 0 Å². The van der Waals surface area contributed by atoms with Gasteiger partial charge in [-0.25, -0.2) is 0 Å². The van der Waals surface area contributed by atoms with Gasteiger partial charge in [0, 0.05) is 37.8 Å². The summed E-state index contributed by atoms with van der Waals surface area (Å²) in [5.74, 6) is 0. The number of aliphatic hydroxyl groups is 1. The van der Waals surface area contributed by atoms with Crippen LogP contribution in [0.1, 0.15) is 39.0 Å². The van der Waals surface area contributed by atoms with Gasteiger partial charge in [-0.05, 0) is 45.7 Å². The SMILES string of the molecule is CCC(CO)(CCCN1CCN(C2CC2)CC1)NC. The Morgan fingerprint density at radius 1 is 1.21 bits per heavy atom. The summed E-state index contributed by atoms with van der Waals surface area (Å²) < 4.78 is 0. The Hall–Kier alpha value is -0.160. The molecule has 0 aromatic heterocycles. The third kappa shape index (κ3) is 4.15. The van der Waals surface area contributed by atoms with Gasteiger partial charge in [-0.3, -0.25) is 4.90 Å². The van der Waals surface area contributed by atoms with Crippen molar-refractivity contribution in [2.45, 2.75) is 50.6 Å². The van der Waals surface area contributed by atoms with Crippen LogP contribution in [0.5, 0.6) is 0 Å². The molecule has 1 aliphatic carbocycles. The fraction of sp³-hybridized carbons (Fsp3) is 1.00. The Kier molecular flexibility index (Phi) is 5.63. The maximum atomic E-state index is 9.53. The topological polar surface area (TPSA) is 38.7 Å². The molecule has 112 valence electrons. The van der Waals surface area contributed by atoms with E-state index in [0.29, 0.717) is 0 Å². The lowest BCUT2D eigenvalue weighted by Gasteiger charge is -2.36. The zero-order chi connectivity index (χ0) is 13.7. The van der Waals surface area contributed by atoms with Crippen LogP contribution in [-0.4, -0.2) is 72.9 Å². The van der Waals surface area contributed by atoms with Gasteiger partial charge in [0.25, 0.3) is 0 Å². The fourth-order valence-corrected chi connectivity index (χ4v) is 3.18. The average molecular weight is 269 g/mol. The lowest BCUT2D eigenvalue weighted by molar-refractivity contribution is 0.113. The number of nitrogens with zero attached hydrogens (tertiary/aromatic N) is 2. The van der Waals surface area contributed by atoms with E-state index in [0.717, 1.165) is 18.9 Å². The van der Waals surface area contributed by atoms with Crippen LogP contribution in [0.15, 0.2) is 0 Å². The predicted octanol–water partition coefficient (Wildman–Crippen LogP) is 0.907. The Morgan fingerprint density at radius 2 is 1.89 bits per heavy atom. The molecule has 1 atom stereocenters. The summed E-state index contributed by atoms with van der Waals surface area (Å²) in [6, 6.07) is 0.925. The smallest absolute Gasteiger partial charge is 0.0613 e. The van der Waals surface area contributed by atoms with E-state index in [-0.39, 0.29) is 12.1 Å². The van der Waals surface area contributed by atoms with Gasteiger partial charge in [-0.2, -0.15) is 0 Å². The Labute approximate surface area is 118 Å². The fourth-order valence-electron chi connectivity index (χ4n) is 3.18. The number of likely N-dealkylation sites (N-methyl/N-ethyl adjacent to an activating group) is 1. The second-order valence-corrected chi connectivity index (χ2v) is 6.25. The molecule has 2 fully saturated rings. The van der Waals surface area contributed by atoms with E-state index >= 15 is 0 Å². The molecule has 0 spiro atoms. The Balaban J connectivity index is 1.63. The first-order valence-electron chi connectivity index (χ1n) is 7.99. The van der Waals surface area contributed by atoms with Crippen molar-refractivity contribution in [3.63, 3.8) is 0 Å². The molecular formula is C15H31N3O. The first-order chi connectivity index (χ1) is 9.23. The molecule has 1 aliphatic heterocycles. The minimum Gasteiger partial charge on any atom is -0.394 e. The number of aliphatic hydroxyl groups excluding tert-OH is 1. The van der Waals surface area contributed by atoms with E-state index in [1.165, 1.54) is 52.0 Å². The molecule has 0 aromatic rings. The molecule has 1 unspecified atom stereocenters. The highest BCUT2D eigenvalue weighted by Gasteiger charge is 2.31. The molecule has 4 nitrogen and oxygen atoms in total. The normalized spacial score (nSPS) is 25.4. The number of piperazine rings is 1. The number of hydrogen-bond acceptors (Lipinski definition) is 4. The first kappa shape index (κ1) is 15.2. The molecule has 2 N–H and O–H groups in total. The molecule has 2 aliphatic rings. The highest BCUT2D eigenvalue weighted by molar-refractivity contribution is 4.88. The van der Waals surface area contributed by atoms with Gasteiger partial charge in [0.05, 0.1) is 6.61 Å². The van der Waals surface area contributed by atoms with Gasteiger partial charge >= 0.3 is 0 Å². The monoisotopic (exact) mass is 269 g/mol. The second kappa shape index (κ2) is 7.02. The van der Waals surface area contributed by atoms with Crippen molar-refractivity contribution in [3.05, 3.63) is 0 Å². The minimum absolute atomic E-state index is 0.0597. The molecular weight excluding hydrogens is 238 g/mol. The zero-order valence-electron chi connectivity index (χ0n) is 12.7. The van der Waals surface area contributed by atoms with Crippen LogP contribution in [0, 0.1) is 0 Å². The van der Waals surface area contributed by atoms with Gasteiger partial charge in [0.1, 0.15) is 0 Å². The minimum atomic E-state index is -0.0597. The van der Waals surface area contributed by atoms with Crippen molar-refractivity contribution < 1.29 is 5.11 Å². The summed E-state index contributed by atoms with van der Waals surface area (Å²) in [5.41, 5.74) is -0.0597. The average Bonchev–Trinajstić information content (AvgIpc) is 3.30. The molecule has 2 rings (SSSR count). The predicted molar refractivity (Wildman–Crippen MR) is 79.4 cm³/mol. The zero-order valence-corrected chi connectivity index (χ0v) is 12.7. The van der Waals surface area contributed by atoms with Crippen molar-refractivity contribution in [2.24, 2.45) is 0 Å². The maximum absolute atomic E-state index is 9.53.